The van der Waals surface area contributed by atoms with Crippen LogP contribution in [-0.4, -0.2) is 25.1 Å². The molecule has 0 atom stereocenters. The van der Waals surface area contributed by atoms with Crippen LogP contribution in [0.2, 0.25) is 0 Å². The molecule has 0 saturated carbocycles. The molecule has 0 spiro atoms. The molecule has 0 saturated heterocycles. The Hall–Kier alpha value is 0.490. The lowest BCUT2D eigenvalue weighted by Crippen LogP contribution is -2.17. The van der Waals surface area contributed by atoms with Crippen LogP contribution in [0.25, 0.3) is 0 Å². The van der Waals surface area contributed by atoms with Gasteiger partial charge in [-0.15, -0.1) is 0 Å². The van der Waals surface area contributed by atoms with Crippen LogP contribution in [0, 0.1) is 0 Å². The largest absolute Gasteiger partial charge is 0.318 e. The smallest absolute Gasteiger partial charge is 0.261 e. The molecule has 0 fully saturated rings. The van der Waals surface area contributed by atoms with Crippen molar-refractivity contribution in [1.82, 2.24) is 5.09 Å². The molecular formula is C38H75BrNO2PS. The topological polar surface area (TPSA) is 30.5 Å². The van der Waals surface area contributed by atoms with E-state index in [9.17, 15) is 0 Å². The van der Waals surface area contributed by atoms with Gasteiger partial charge in [-0.1, -0.05) is 170 Å². The first-order valence-corrected chi connectivity index (χ1v) is 22.9. The first kappa shape index (κ1) is 44.5. The van der Waals surface area contributed by atoms with E-state index >= 15 is 0 Å². The number of alkyl halides is 1. The predicted octanol–water partition coefficient (Wildman–Crippen LogP) is 14.3. The molecule has 0 aliphatic rings. The van der Waals surface area contributed by atoms with E-state index in [1.807, 2.05) is 0 Å². The van der Waals surface area contributed by atoms with Gasteiger partial charge < -0.3 is 9.05 Å². The lowest BCUT2D eigenvalue weighted by Gasteiger charge is -2.23. The van der Waals surface area contributed by atoms with E-state index in [4.69, 9.17) is 20.9 Å². The van der Waals surface area contributed by atoms with Crippen molar-refractivity contribution >= 4 is 34.4 Å². The molecule has 0 aromatic heterocycles. The van der Waals surface area contributed by atoms with E-state index < -0.39 is 6.64 Å². The molecule has 0 bridgehead atoms. The first-order valence-electron chi connectivity index (χ1n) is 19.2. The van der Waals surface area contributed by atoms with Crippen LogP contribution in [0.4, 0.5) is 0 Å². The Morgan fingerprint density at radius 1 is 0.477 bits per heavy atom. The van der Waals surface area contributed by atoms with E-state index in [2.05, 4.69) is 59.2 Å². The van der Waals surface area contributed by atoms with E-state index in [0.717, 1.165) is 24.7 Å². The molecule has 0 unspecified atom stereocenters. The summed E-state index contributed by atoms with van der Waals surface area (Å²) in [6.45, 7) is 4.40. The van der Waals surface area contributed by atoms with Crippen molar-refractivity contribution in [3.63, 3.8) is 0 Å². The van der Waals surface area contributed by atoms with Crippen molar-refractivity contribution in [2.45, 2.75) is 194 Å². The van der Waals surface area contributed by atoms with E-state index in [1.54, 1.807) is 0 Å². The van der Waals surface area contributed by atoms with Crippen LogP contribution in [0.15, 0.2) is 24.3 Å². The third-order valence-electron chi connectivity index (χ3n) is 8.23. The molecule has 1 N–H and O–H groups in total. The highest BCUT2D eigenvalue weighted by molar-refractivity contribution is 9.09. The average molecular weight is 721 g/mol. The van der Waals surface area contributed by atoms with E-state index in [1.165, 1.54) is 167 Å². The number of hydrogen-bond acceptors (Lipinski definition) is 3. The third-order valence-corrected chi connectivity index (χ3v) is 11.3. The van der Waals surface area contributed by atoms with Gasteiger partial charge in [-0.25, -0.2) is 5.09 Å². The van der Waals surface area contributed by atoms with Crippen LogP contribution in [0.5, 0.6) is 0 Å². The molecule has 0 aromatic carbocycles. The fourth-order valence-electron chi connectivity index (χ4n) is 5.38. The van der Waals surface area contributed by atoms with Gasteiger partial charge in [0.05, 0.1) is 13.2 Å². The van der Waals surface area contributed by atoms with Crippen molar-refractivity contribution in [2.24, 2.45) is 0 Å². The van der Waals surface area contributed by atoms with Crippen LogP contribution in [0.3, 0.4) is 0 Å². The monoisotopic (exact) mass is 719 g/mol. The van der Waals surface area contributed by atoms with Crippen LogP contribution < -0.4 is 5.09 Å². The second-order valence-electron chi connectivity index (χ2n) is 12.6. The van der Waals surface area contributed by atoms with Gasteiger partial charge in [-0.2, -0.15) is 0 Å². The molecule has 0 aliphatic carbocycles. The second-order valence-corrected chi connectivity index (χ2v) is 16.7. The molecule has 262 valence electrons. The summed E-state index contributed by atoms with van der Waals surface area (Å²) in [6.07, 6.45) is 46.5. The van der Waals surface area contributed by atoms with Crippen LogP contribution >= 0.6 is 22.6 Å². The predicted molar refractivity (Wildman–Crippen MR) is 207 cm³/mol. The molecule has 0 aliphatic heterocycles. The summed E-state index contributed by atoms with van der Waals surface area (Å²) in [7, 11) is 0. The molecule has 44 heavy (non-hydrogen) atoms. The molecular weight excluding hydrogens is 645 g/mol. The standard InChI is InChI=1S/C38H75BrNO2PS/c1-3-5-7-9-11-13-15-17-19-21-23-25-27-29-31-33-37-41-43(44,40-36-35-39)42-38-34-32-30-28-26-24-22-20-18-16-14-12-10-8-6-4-2/h17-20H,3-16,21-38H2,1-2H3,(H,40,44)/b19-17-,20-18-. The van der Waals surface area contributed by atoms with Crippen molar-refractivity contribution in [3.05, 3.63) is 24.3 Å². The Morgan fingerprint density at radius 3 is 1.09 bits per heavy atom. The van der Waals surface area contributed by atoms with Crippen molar-refractivity contribution in [2.75, 3.05) is 25.1 Å². The summed E-state index contributed by atoms with van der Waals surface area (Å²) in [5.74, 6) is 0. The Balaban J connectivity index is 3.66. The van der Waals surface area contributed by atoms with Gasteiger partial charge in [-0.3, -0.25) is 0 Å². The number of hydrogen-bond donors (Lipinski definition) is 1. The highest BCUT2D eigenvalue weighted by Crippen LogP contribution is 2.44. The van der Waals surface area contributed by atoms with E-state index in [-0.39, 0.29) is 0 Å². The fraction of sp³-hybridized carbons (Fsp3) is 0.895. The summed E-state index contributed by atoms with van der Waals surface area (Å²) in [4.78, 5) is 0. The summed E-state index contributed by atoms with van der Waals surface area (Å²) in [6, 6.07) is 0. The lowest BCUT2D eigenvalue weighted by molar-refractivity contribution is 0.231. The first-order chi connectivity index (χ1) is 21.7. The molecule has 0 radical (unpaired) electrons. The zero-order chi connectivity index (χ0) is 32.1. The Morgan fingerprint density at radius 2 is 0.773 bits per heavy atom. The summed E-state index contributed by atoms with van der Waals surface area (Å²) < 4.78 is 12.3. The average Bonchev–Trinajstić information content (AvgIpc) is 3.03. The lowest BCUT2D eigenvalue weighted by atomic mass is 10.1. The Bertz CT molecular complexity index is 613. The number of halogens is 1. The minimum absolute atomic E-state index is 0.709. The normalized spacial score (nSPS) is 12.3. The van der Waals surface area contributed by atoms with Crippen molar-refractivity contribution < 1.29 is 9.05 Å². The van der Waals surface area contributed by atoms with Crippen molar-refractivity contribution in [3.8, 4) is 0 Å². The molecule has 0 rings (SSSR count). The van der Waals surface area contributed by atoms with Crippen LogP contribution in [-0.2, 0) is 20.9 Å². The zero-order valence-electron chi connectivity index (χ0n) is 29.5. The Labute approximate surface area is 290 Å². The SMILES string of the molecule is CCCCCCCC/C=C\CCCCCCCCOP(=S)(NCCBr)OCCCCCCCC/C=C\CCCCCCCC. The second kappa shape index (κ2) is 37.9. The maximum absolute atomic E-state index is 6.14. The minimum atomic E-state index is -2.38. The van der Waals surface area contributed by atoms with Gasteiger partial charge >= 0.3 is 0 Å². The molecule has 0 heterocycles. The highest BCUT2D eigenvalue weighted by atomic mass is 79.9. The minimum Gasteiger partial charge on any atom is -0.318 e. The quantitative estimate of drug-likeness (QED) is 0.0300. The van der Waals surface area contributed by atoms with Gasteiger partial charge in [0.1, 0.15) is 0 Å². The number of rotatable bonds is 37. The van der Waals surface area contributed by atoms with Gasteiger partial charge in [0.15, 0.2) is 0 Å². The fourth-order valence-corrected chi connectivity index (χ4v) is 7.98. The molecule has 0 amide bonds. The molecule has 3 nitrogen and oxygen atoms in total. The van der Waals surface area contributed by atoms with Gasteiger partial charge in [0, 0.05) is 11.9 Å². The van der Waals surface area contributed by atoms with Crippen LogP contribution in [0.1, 0.15) is 194 Å². The van der Waals surface area contributed by atoms with Gasteiger partial charge in [-0.05, 0) is 76.0 Å². The maximum atomic E-state index is 6.14. The summed E-state index contributed by atoms with van der Waals surface area (Å²) in [5.41, 5.74) is 0. The summed E-state index contributed by atoms with van der Waals surface area (Å²) >= 11 is 9.31. The Kier molecular flexibility index (Phi) is 38.4. The van der Waals surface area contributed by atoms with Gasteiger partial charge in [0.25, 0.3) is 6.64 Å². The van der Waals surface area contributed by atoms with Gasteiger partial charge in [0.2, 0.25) is 0 Å². The van der Waals surface area contributed by atoms with Crippen molar-refractivity contribution in [1.29, 1.82) is 0 Å². The highest BCUT2D eigenvalue weighted by Gasteiger charge is 2.17. The molecule has 0 aromatic rings. The summed E-state index contributed by atoms with van der Waals surface area (Å²) in [5, 5.41) is 4.24. The third kappa shape index (κ3) is 35.3. The zero-order valence-corrected chi connectivity index (χ0v) is 32.8. The number of nitrogens with one attached hydrogen (secondary N) is 1. The number of unbranched alkanes of at least 4 members (excludes halogenated alkanes) is 24. The van der Waals surface area contributed by atoms with E-state index in [0.29, 0.717) is 13.2 Å². The molecule has 6 heteroatoms. The number of allylic oxidation sites excluding steroid dienone is 4. The maximum Gasteiger partial charge on any atom is 0.261 e.